The van der Waals surface area contributed by atoms with Gasteiger partial charge in [0.25, 0.3) is 0 Å². The Labute approximate surface area is 279 Å². The van der Waals surface area contributed by atoms with Gasteiger partial charge >= 0.3 is 0 Å². The molecule has 0 unspecified atom stereocenters. The van der Waals surface area contributed by atoms with Crippen LogP contribution in [0.4, 0.5) is 0 Å². The van der Waals surface area contributed by atoms with Gasteiger partial charge in [-0.15, -0.1) is 0 Å². The lowest BCUT2D eigenvalue weighted by atomic mass is 9.86. The summed E-state index contributed by atoms with van der Waals surface area (Å²) in [6.45, 7) is 23.6. The summed E-state index contributed by atoms with van der Waals surface area (Å²) >= 11 is 0. The molecule has 46 heavy (non-hydrogen) atoms. The van der Waals surface area contributed by atoms with Crippen LogP contribution in [-0.4, -0.2) is 53.0 Å². The topological polar surface area (TPSA) is 104 Å². The molecule has 0 aliphatic heterocycles. The van der Waals surface area contributed by atoms with Crippen LogP contribution in [0.15, 0.2) is 60.7 Å². The highest BCUT2D eigenvalue weighted by molar-refractivity contribution is 6.01. The first-order valence-electron chi connectivity index (χ1n) is 16.5. The SMILES string of the molecule is CC(C)(C)N[C@@H](Cc1ccccc1)C(=O)NCC(=O)C(C)(C)C.CC(C)(C)N[C@H](CC(=O)CC(=O)C(C)(C)C)Cc1ccccc1. The number of carbonyl (C=O) groups excluding carboxylic acids is 4. The summed E-state index contributed by atoms with van der Waals surface area (Å²) in [6.07, 6.45) is 1.79. The van der Waals surface area contributed by atoms with Crippen LogP contribution in [0.1, 0.15) is 107 Å². The zero-order valence-corrected chi connectivity index (χ0v) is 30.6. The monoisotopic (exact) mass is 635 g/mol. The highest BCUT2D eigenvalue weighted by Gasteiger charge is 2.28. The van der Waals surface area contributed by atoms with Crippen molar-refractivity contribution in [3.8, 4) is 0 Å². The third-order valence-electron chi connectivity index (χ3n) is 7.10. The molecule has 0 heterocycles. The summed E-state index contributed by atoms with van der Waals surface area (Å²) in [7, 11) is 0. The van der Waals surface area contributed by atoms with E-state index in [1.165, 1.54) is 5.56 Å². The Morgan fingerprint density at radius 3 is 1.43 bits per heavy atom. The average molecular weight is 636 g/mol. The molecule has 2 aromatic rings. The zero-order chi connectivity index (χ0) is 35.3. The van der Waals surface area contributed by atoms with Crippen molar-refractivity contribution < 1.29 is 19.2 Å². The minimum Gasteiger partial charge on any atom is -0.348 e. The van der Waals surface area contributed by atoms with Crippen molar-refractivity contribution in [1.29, 1.82) is 0 Å². The number of rotatable bonds is 13. The lowest BCUT2D eigenvalue weighted by Crippen LogP contribution is -2.53. The lowest BCUT2D eigenvalue weighted by molar-refractivity contribution is -0.132. The maximum Gasteiger partial charge on any atom is 0.237 e. The van der Waals surface area contributed by atoms with E-state index in [2.05, 4.69) is 48.9 Å². The molecule has 7 heteroatoms. The fourth-order valence-electron chi connectivity index (χ4n) is 4.61. The maximum absolute atomic E-state index is 12.5. The van der Waals surface area contributed by atoms with Gasteiger partial charge in [-0.3, -0.25) is 19.2 Å². The van der Waals surface area contributed by atoms with E-state index in [1.807, 2.05) is 111 Å². The standard InChI is InChI=1S/C20H31NO2.C19H30N2O2/c1-19(2,3)18(23)14-17(22)13-16(21-20(4,5)6)12-15-10-8-7-9-11-15;1-18(2,3)16(22)13-20-17(23)15(21-19(4,5)6)12-14-10-8-7-9-11-14/h7-11,16,21H,12-14H2,1-6H3;7-11,15,21H,12-13H2,1-6H3,(H,20,23)/t16-;15-/m00/s1. The van der Waals surface area contributed by atoms with Crippen molar-refractivity contribution >= 4 is 23.3 Å². The zero-order valence-electron chi connectivity index (χ0n) is 30.6. The number of nitrogens with one attached hydrogen (secondary N) is 3. The quantitative estimate of drug-likeness (QED) is 0.213. The Bertz CT molecular complexity index is 1240. The second-order valence-corrected chi connectivity index (χ2v) is 16.4. The van der Waals surface area contributed by atoms with Gasteiger partial charge < -0.3 is 16.0 Å². The summed E-state index contributed by atoms with van der Waals surface area (Å²) in [5.41, 5.74) is 1.12. The van der Waals surface area contributed by atoms with Crippen LogP contribution in [-0.2, 0) is 32.0 Å². The first-order chi connectivity index (χ1) is 21.0. The van der Waals surface area contributed by atoms with Gasteiger partial charge in [-0.2, -0.15) is 0 Å². The van der Waals surface area contributed by atoms with Gasteiger partial charge in [0.15, 0.2) is 5.78 Å². The molecule has 0 aliphatic carbocycles. The highest BCUT2D eigenvalue weighted by atomic mass is 16.2. The third-order valence-corrected chi connectivity index (χ3v) is 7.10. The molecule has 0 aromatic heterocycles. The Hall–Kier alpha value is -3.16. The predicted octanol–water partition coefficient (Wildman–Crippen LogP) is 6.67. The molecular weight excluding hydrogens is 574 g/mol. The number of amides is 1. The molecule has 3 N–H and O–H groups in total. The molecule has 2 rings (SSSR count). The van der Waals surface area contributed by atoms with E-state index in [-0.39, 0.29) is 59.4 Å². The van der Waals surface area contributed by atoms with Gasteiger partial charge in [-0.05, 0) is 65.5 Å². The highest BCUT2D eigenvalue weighted by Crippen LogP contribution is 2.19. The Morgan fingerprint density at radius 2 is 1.02 bits per heavy atom. The van der Waals surface area contributed by atoms with Gasteiger partial charge in [-0.25, -0.2) is 0 Å². The van der Waals surface area contributed by atoms with Crippen LogP contribution in [0.25, 0.3) is 0 Å². The van der Waals surface area contributed by atoms with Crippen molar-refractivity contribution in [2.45, 2.75) is 132 Å². The summed E-state index contributed by atoms with van der Waals surface area (Å²) < 4.78 is 0. The van der Waals surface area contributed by atoms with Gasteiger partial charge in [0.2, 0.25) is 5.91 Å². The van der Waals surface area contributed by atoms with Crippen LogP contribution in [0.5, 0.6) is 0 Å². The second-order valence-electron chi connectivity index (χ2n) is 16.4. The predicted molar refractivity (Wildman–Crippen MR) is 190 cm³/mol. The van der Waals surface area contributed by atoms with Crippen LogP contribution in [0.3, 0.4) is 0 Å². The van der Waals surface area contributed by atoms with Gasteiger partial charge in [0.05, 0.1) is 19.0 Å². The van der Waals surface area contributed by atoms with E-state index >= 15 is 0 Å². The maximum atomic E-state index is 12.5. The molecule has 0 bridgehead atoms. The van der Waals surface area contributed by atoms with Crippen LogP contribution < -0.4 is 16.0 Å². The fourth-order valence-corrected chi connectivity index (χ4v) is 4.61. The summed E-state index contributed by atoms with van der Waals surface area (Å²) in [4.78, 5) is 48.9. The van der Waals surface area contributed by atoms with Crippen molar-refractivity contribution in [3.05, 3.63) is 71.8 Å². The molecule has 0 saturated carbocycles. The minimum absolute atomic E-state index is 0.0109. The third kappa shape index (κ3) is 18.1. The van der Waals surface area contributed by atoms with Gasteiger partial charge in [-0.1, -0.05) is 102 Å². The van der Waals surface area contributed by atoms with E-state index in [1.54, 1.807) is 0 Å². The molecule has 0 aliphatic rings. The Balaban J connectivity index is 0.000000460. The average Bonchev–Trinajstić information content (AvgIpc) is 2.89. The summed E-state index contributed by atoms with van der Waals surface area (Å²) in [6, 6.07) is 19.7. The molecular formula is C39H61N3O4. The van der Waals surface area contributed by atoms with Crippen molar-refractivity contribution in [3.63, 3.8) is 0 Å². The molecule has 256 valence electrons. The van der Waals surface area contributed by atoms with Crippen LogP contribution in [0.2, 0.25) is 0 Å². The number of hydrogen-bond acceptors (Lipinski definition) is 6. The summed E-state index contributed by atoms with van der Waals surface area (Å²) in [5, 5.41) is 9.64. The molecule has 0 saturated heterocycles. The second kappa shape index (κ2) is 17.7. The normalized spacial score (nSPS) is 13.6. The van der Waals surface area contributed by atoms with Gasteiger partial charge in [0, 0.05) is 34.4 Å². The Kier molecular flexibility index (Phi) is 15.7. The number of carbonyl (C=O) groups is 4. The van der Waals surface area contributed by atoms with E-state index < -0.39 is 10.8 Å². The van der Waals surface area contributed by atoms with E-state index in [4.69, 9.17) is 0 Å². The summed E-state index contributed by atoms with van der Waals surface area (Å²) in [5.74, 6) is -0.0826. The number of benzene rings is 2. The molecule has 2 atom stereocenters. The molecule has 0 fully saturated rings. The molecule has 2 aromatic carbocycles. The Morgan fingerprint density at radius 1 is 0.587 bits per heavy atom. The molecule has 7 nitrogen and oxygen atoms in total. The number of Topliss-reactive ketones (excluding diaryl/α,β-unsaturated/α-hetero) is 3. The number of ketones is 3. The molecule has 1 amide bonds. The van der Waals surface area contributed by atoms with E-state index in [9.17, 15) is 19.2 Å². The molecule has 0 radical (unpaired) electrons. The van der Waals surface area contributed by atoms with Crippen LogP contribution in [0, 0.1) is 10.8 Å². The number of hydrogen-bond donors (Lipinski definition) is 3. The largest absolute Gasteiger partial charge is 0.348 e. The van der Waals surface area contributed by atoms with E-state index in [0.29, 0.717) is 12.8 Å². The lowest BCUT2D eigenvalue weighted by Gasteiger charge is -2.28. The van der Waals surface area contributed by atoms with Crippen molar-refractivity contribution in [2.75, 3.05) is 6.54 Å². The first kappa shape index (κ1) is 40.9. The van der Waals surface area contributed by atoms with Crippen molar-refractivity contribution in [2.24, 2.45) is 10.8 Å². The van der Waals surface area contributed by atoms with E-state index in [0.717, 1.165) is 12.0 Å². The van der Waals surface area contributed by atoms with Crippen LogP contribution >= 0.6 is 0 Å². The molecule has 0 spiro atoms. The fraction of sp³-hybridized carbons (Fsp3) is 0.590. The van der Waals surface area contributed by atoms with Gasteiger partial charge in [0.1, 0.15) is 11.6 Å². The van der Waals surface area contributed by atoms with Crippen molar-refractivity contribution in [1.82, 2.24) is 16.0 Å². The smallest absolute Gasteiger partial charge is 0.237 e. The minimum atomic E-state index is -0.456. The first-order valence-corrected chi connectivity index (χ1v) is 16.5.